The van der Waals surface area contributed by atoms with E-state index in [4.69, 9.17) is 4.74 Å². The van der Waals surface area contributed by atoms with Gasteiger partial charge in [-0.2, -0.15) is 0 Å². The van der Waals surface area contributed by atoms with Gasteiger partial charge < -0.3 is 10.1 Å². The number of hydrogen-bond donors (Lipinski definition) is 1. The van der Waals surface area contributed by atoms with Crippen LogP contribution in [0, 0.1) is 11.8 Å². The van der Waals surface area contributed by atoms with Crippen molar-refractivity contribution in [2.45, 2.75) is 71.4 Å². The molecular weight excluding hydrogens is 226 g/mol. The first-order valence-electron chi connectivity index (χ1n) is 7.42. The van der Waals surface area contributed by atoms with Crippen LogP contribution in [0.25, 0.3) is 0 Å². The van der Waals surface area contributed by atoms with Crippen molar-refractivity contribution in [2.24, 2.45) is 11.8 Å². The largest absolute Gasteiger partial charge is 0.468 e. The minimum atomic E-state index is -0.154. The van der Waals surface area contributed by atoms with E-state index in [1.54, 1.807) is 0 Å². The number of rotatable bonds is 5. The quantitative estimate of drug-likeness (QED) is 0.606. The number of carbonyl (C=O) groups is 1. The molecule has 106 valence electrons. The maximum Gasteiger partial charge on any atom is 0.323 e. The summed E-state index contributed by atoms with van der Waals surface area (Å²) in [5.74, 6) is 1.04. The first-order chi connectivity index (χ1) is 8.58. The third kappa shape index (κ3) is 4.60. The van der Waals surface area contributed by atoms with Crippen molar-refractivity contribution in [3.63, 3.8) is 0 Å². The fourth-order valence-electron chi connectivity index (χ4n) is 2.87. The Bertz CT molecular complexity index is 253. The molecule has 3 atom stereocenters. The lowest BCUT2D eigenvalue weighted by Gasteiger charge is -2.25. The minimum Gasteiger partial charge on any atom is -0.468 e. The Morgan fingerprint density at radius 1 is 1.28 bits per heavy atom. The molecule has 3 nitrogen and oxygen atoms in total. The van der Waals surface area contributed by atoms with Crippen LogP contribution in [0.1, 0.15) is 59.3 Å². The number of methoxy groups -OCH3 is 1. The number of carbonyl (C=O) groups excluding carboxylic acids is 1. The van der Waals surface area contributed by atoms with Gasteiger partial charge in [-0.3, -0.25) is 4.79 Å². The maximum atomic E-state index is 11.7. The molecule has 0 radical (unpaired) electrons. The summed E-state index contributed by atoms with van der Waals surface area (Å²) in [4.78, 5) is 11.7. The highest BCUT2D eigenvalue weighted by Gasteiger charge is 2.27. The van der Waals surface area contributed by atoms with Crippen molar-refractivity contribution in [1.82, 2.24) is 5.32 Å². The normalized spacial score (nSPS) is 26.7. The van der Waals surface area contributed by atoms with Crippen LogP contribution in [0.5, 0.6) is 0 Å². The lowest BCUT2D eigenvalue weighted by atomic mass is 9.97. The molecule has 0 saturated heterocycles. The zero-order valence-corrected chi connectivity index (χ0v) is 12.4. The van der Waals surface area contributed by atoms with Gasteiger partial charge >= 0.3 is 5.97 Å². The summed E-state index contributed by atoms with van der Waals surface area (Å²) < 4.78 is 4.89. The molecule has 0 aromatic heterocycles. The number of nitrogens with one attached hydrogen (secondary N) is 1. The maximum absolute atomic E-state index is 11.7. The number of ether oxygens (including phenoxy) is 1. The van der Waals surface area contributed by atoms with Crippen molar-refractivity contribution in [3.05, 3.63) is 0 Å². The fourth-order valence-corrected chi connectivity index (χ4v) is 2.87. The third-order valence-electron chi connectivity index (χ3n) is 4.20. The smallest absolute Gasteiger partial charge is 0.323 e. The molecule has 0 aromatic rings. The second-order valence-corrected chi connectivity index (χ2v) is 5.89. The summed E-state index contributed by atoms with van der Waals surface area (Å²) in [6.45, 7) is 6.42. The molecule has 1 fully saturated rings. The molecule has 2 unspecified atom stereocenters. The molecule has 0 aromatic carbocycles. The molecule has 1 rings (SSSR count). The average molecular weight is 255 g/mol. The van der Waals surface area contributed by atoms with Gasteiger partial charge in [0.2, 0.25) is 0 Å². The highest BCUT2D eigenvalue weighted by molar-refractivity contribution is 5.75. The molecule has 0 amide bonds. The monoisotopic (exact) mass is 255 g/mol. The second kappa shape index (κ2) is 7.78. The van der Waals surface area contributed by atoms with E-state index in [-0.39, 0.29) is 17.9 Å². The van der Waals surface area contributed by atoms with Gasteiger partial charge in [-0.25, -0.2) is 0 Å². The Balaban J connectivity index is 2.51. The third-order valence-corrected chi connectivity index (χ3v) is 4.20. The minimum absolute atomic E-state index is 0.124. The Kier molecular flexibility index (Phi) is 6.69. The van der Waals surface area contributed by atoms with Crippen molar-refractivity contribution in [1.29, 1.82) is 0 Å². The van der Waals surface area contributed by atoms with Gasteiger partial charge in [0, 0.05) is 6.04 Å². The molecule has 0 heterocycles. The van der Waals surface area contributed by atoms with Gasteiger partial charge in [-0.15, -0.1) is 0 Å². The summed E-state index contributed by atoms with van der Waals surface area (Å²) in [7, 11) is 1.47. The van der Waals surface area contributed by atoms with Crippen LogP contribution in [0.15, 0.2) is 0 Å². The molecule has 1 aliphatic carbocycles. The van der Waals surface area contributed by atoms with Crippen LogP contribution in [0.2, 0.25) is 0 Å². The average Bonchev–Trinajstić information content (AvgIpc) is 2.59. The summed E-state index contributed by atoms with van der Waals surface area (Å²) in [5.41, 5.74) is 0. The molecule has 18 heavy (non-hydrogen) atoms. The molecule has 3 heteroatoms. The zero-order valence-electron chi connectivity index (χ0n) is 12.4. The van der Waals surface area contributed by atoms with Crippen molar-refractivity contribution < 1.29 is 9.53 Å². The predicted molar refractivity (Wildman–Crippen MR) is 74.4 cm³/mol. The molecular formula is C15H29NO2. The van der Waals surface area contributed by atoms with Crippen LogP contribution in [-0.2, 0) is 9.53 Å². The molecule has 0 aliphatic heterocycles. The standard InChI is InChI=1S/C15H29NO2/c1-5-12-7-6-8-13(10-9-12)16-14(11(2)3)15(17)18-4/h11-14,16H,5-10H2,1-4H3/t12?,13?,14-/m0/s1. The highest BCUT2D eigenvalue weighted by atomic mass is 16.5. The Labute approximate surface area is 112 Å². The Morgan fingerprint density at radius 2 is 2.00 bits per heavy atom. The van der Waals surface area contributed by atoms with Gasteiger partial charge in [0.25, 0.3) is 0 Å². The van der Waals surface area contributed by atoms with Crippen LogP contribution in [0.3, 0.4) is 0 Å². The molecule has 1 N–H and O–H groups in total. The van der Waals surface area contributed by atoms with Crippen LogP contribution in [0.4, 0.5) is 0 Å². The van der Waals surface area contributed by atoms with Crippen molar-refractivity contribution in [3.8, 4) is 0 Å². The summed E-state index contributed by atoms with van der Waals surface area (Å²) in [5, 5.41) is 3.52. The lowest BCUT2D eigenvalue weighted by molar-refractivity contribution is -0.144. The van der Waals surface area contributed by atoms with Crippen LogP contribution in [-0.4, -0.2) is 25.2 Å². The molecule has 1 aliphatic rings. The van der Waals surface area contributed by atoms with E-state index in [0.717, 1.165) is 5.92 Å². The highest BCUT2D eigenvalue weighted by Crippen LogP contribution is 2.26. The fraction of sp³-hybridized carbons (Fsp3) is 0.933. The Morgan fingerprint density at radius 3 is 2.56 bits per heavy atom. The predicted octanol–water partition coefficient (Wildman–Crippen LogP) is 3.13. The molecule has 0 bridgehead atoms. The molecule has 1 saturated carbocycles. The first-order valence-corrected chi connectivity index (χ1v) is 7.42. The van der Waals surface area contributed by atoms with Gasteiger partial charge in [0.1, 0.15) is 6.04 Å². The first kappa shape index (κ1) is 15.5. The van der Waals surface area contributed by atoms with E-state index in [0.29, 0.717) is 6.04 Å². The van der Waals surface area contributed by atoms with E-state index in [1.807, 2.05) is 0 Å². The Hall–Kier alpha value is -0.570. The van der Waals surface area contributed by atoms with Crippen molar-refractivity contribution >= 4 is 5.97 Å². The van der Waals surface area contributed by atoms with E-state index in [2.05, 4.69) is 26.1 Å². The van der Waals surface area contributed by atoms with Crippen LogP contribution < -0.4 is 5.32 Å². The summed E-state index contributed by atoms with van der Waals surface area (Å²) in [6.07, 6.45) is 7.59. The van der Waals surface area contributed by atoms with E-state index in [9.17, 15) is 4.79 Å². The van der Waals surface area contributed by atoms with Gasteiger partial charge in [-0.05, 0) is 31.1 Å². The van der Waals surface area contributed by atoms with E-state index < -0.39 is 0 Å². The summed E-state index contributed by atoms with van der Waals surface area (Å²) >= 11 is 0. The second-order valence-electron chi connectivity index (χ2n) is 5.89. The number of esters is 1. The van der Waals surface area contributed by atoms with Gasteiger partial charge in [0.15, 0.2) is 0 Å². The summed E-state index contributed by atoms with van der Waals surface area (Å²) in [6, 6.07) is 0.325. The molecule has 0 spiro atoms. The van der Waals surface area contributed by atoms with E-state index >= 15 is 0 Å². The lowest BCUT2D eigenvalue weighted by Crippen LogP contribution is -2.47. The van der Waals surface area contributed by atoms with Gasteiger partial charge in [0.05, 0.1) is 7.11 Å². The van der Waals surface area contributed by atoms with Crippen LogP contribution >= 0.6 is 0 Å². The van der Waals surface area contributed by atoms with Gasteiger partial charge in [-0.1, -0.05) is 40.0 Å². The zero-order chi connectivity index (χ0) is 13.5. The SMILES string of the molecule is CCC1CCCC(N[C@H](C(=O)OC)C(C)C)CC1. The van der Waals surface area contributed by atoms with Crippen molar-refractivity contribution in [2.75, 3.05) is 7.11 Å². The van der Waals surface area contributed by atoms with E-state index in [1.165, 1.54) is 45.6 Å². The number of hydrogen-bond acceptors (Lipinski definition) is 3. The topological polar surface area (TPSA) is 38.3 Å².